The van der Waals surface area contributed by atoms with Crippen molar-refractivity contribution in [1.29, 1.82) is 0 Å². The molecule has 1 heterocycles. The lowest BCUT2D eigenvalue weighted by Gasteiger charge is -2.11. The third kappa shape index (κ3) is 3.06. The Labute approximate surface area is 139 Å². The standard InChI is InChI=1S/C19H17FN2O2/c1-11-8-14(20)5-7-17(11)22-19(23)16-9-13-4-6-15(24-3)10-18(13)21-12(16)2/h4-10H,1-3H3,(H,22,23). The number of benzene rings is 2. The van der Waals surface area contributed by atoms with E-state index >= 15 is 0 Å². The minimum Gasteiger partial charge on any atom is -0.497 e. The number of halogens is 1. The Bertz CT molecular complexity index is 938. The van der Waals surface area contributed by atoms with Crippen molar-refractivity contribution in [2.45, 2.75) is 13.8 Å². The molecule has 122 valence electrons. The molecule has 2 aromatic carbocycles. The molecule has 0 fully saturated rings. The fourth-order valence-corrected chi connectivity index (χ4v) is 2.56. The van der Waals surface area contributed by atoms with Crippen molar-refractivity contribution in [3.8, 4) is 5.75 Å². The van der Waals surface area contributed by atoms with E-state index in [-0.39, 0.29) is 11.7 Å². The van der Waals surface area contributed by atoms with E-state index in [0.29, 0.717) is 28.3 Å². The smallest absolute Gasteiger partial charge is 0.257 e. The molecule has 1 aromatic heterocycles. The fraction of sp³-hybridized carbons (Fsp3) is 0.158. The molecule has 3 aromatic rings. The van der Waals surface area contributed by atoms with Gasteiger partial charge in [-0.2, -0.15) is 0 Å². The van der Waals surface area contributed by atoms with Crippen LogP contribution in [-0.4, -0.2) is 18.0 Å². The van der Waals surface area contributed by atoms with Crippen LogP contribution < -0.4 is 10.1 Å². The predicted molar refractivity (Wildman–Crippen MR) is 92.1 cm³/mol. The molecule has 0 saturated heterocycles. The average Bonchev–Trinajstić information content (AvgIpc) is 2.56. The molecule has 0 bridgehead atoms. The van der Waals surface area contributed by atoms with E-state index in [1.165, 1.54) is 12.1 Å². The second-order valence-corrected chi connectivity index (χ2v) is 5.59. The summed E-state index contributed by atoms with van der Waals surface area (Å²) < 4.78 is 18.4. The molecule has 3 rings (SSSR count). The van der Waals surface area contributed by atoms with Crippen molar-refractivity contribution in [1.82, 2.24) is 4.98 Å². The zero-order valence-corrected chi connectivity index (χ0v) is 13.7. The number of rotatable bonds is 3. The monoisotopic (exact) mass is 324 g/mol. The van der Waals surface area contributed by atoms with Crippen molar-refractivity contribution >= 4 is 22.5 Å². The number of fused-ring (bicyclic) bond motifs is 1. The Morgan fingerprint density at radius 3 is 2.62 bits per heavy atom. The van der Waals surface area contributed by atoms with Crippen LogP contribution in [0.25, 0.3) is 10.9 Å². The first-order valence-electron chi connectivity index (χ1n) is 7.51. The molecule has 4 nitrogen and oxygen atoms in total. The van der Waals surface area contributed by atoms with Gasteiger partial charge in [-0.1, -0.05) is 0 Å². The first-order chi connectivity index (χ1) is 11.5. The summed E-state index contributed by atoms with van der Waals surface area (Å²) in [6.45, 7) is 3.53. The molecule has 24 heavy (non-hydrogen) atoms. The number of carbonyl (C=O) groups excluding carboxylic acids is 1. The highest BCUT2D eigenvalue weighted by Gasteiger charge is 2.13. The van der Waals surface area contributed by atoms with Crippen LogP contribution in [0.2, 0.25) is 0 Å². The van der Waals surface area contributed by atoms with Crippen LogP contribution in [0.4, 0.5) is 10.1 Å². The zero-order chi connectivity index (χ0) is 17.3. The van der Waals surface area contributed by atoms with Gasteiger partial charge in [-0.05, 0) is 55.8 Å². The van der Waals surface area contributed by atoms with Crippen molar-refractivity contribution in [3.05, 3.63) is 65.1 Å². The van der Waals surface area contributed by atoms with Gasteiger partial charge in [0.25, 0.3) is 5.91 Å². The SMILES string of the molecule is COc1ccc2cc(C(=O)Nc3ccc(F)cc3C)c(C)nc2c1. The van der Waals surface area contributed by atoms with Gasteiger partial charge in [0.2, 0.25) is 0 Å². The van der Waals surface area contributed by atoms with Gasteiger partial charge < -0.3 is 10.1 Å². The number of anilines is 1. The summed E-state index contributed by atoms with van der Waals surface area (Å²) in [6, 6.07) is 11.6. The van der Waals surface area contributed by atoms with Crippen molar-refractivity contribution in [3.63, 3.8) is 0 Å². The first kappa shape index (κ1) is 15.9. The minimum absolute atomic E-state index is 0.271. The Hall–Kier alpha value is -2.95. The van der Waals surface area contributed by atoms with Gasteiger partial charge in [0.05, 0.1) is 23.9 Å². The number of carbonyl (C=O) groups is 1. The molecule has 0 aliphatic heterocycles. The average molecular weight is 324 g/mol. The van der Waals surface area contributed by atoms with E-state index in [1.807, 2.05) is 18.2 Å². The second kappa shape index (κ2) is 6.28. The predicted octanol–water partition coefficient (Wildman–Crippen LogP) is 4.25. The normalized spacial score (nSPS) is 10.7. The second-order valence-electron chi connectivity index (χ2n) is 5.59. The zero-order valence-electron chi connectivity index (χ0n) is 13.7. The quantitative estimate of drug-likeness (QED) is 0.783. The number of pyridine rings is 1. The largest absolute Gasteiger partial charge is 0.497 e. The molecule has 0 aliphatic carbocycles. The van der Waals surface area contributed by atoms with Crippen molar-refractivity contribution in [2.24, 2.45) is 0 Å². The molecule has 0 saturated carbocycles. The van der Waals surface area contributed by atoms with Gasteiger partial charge in [-0.3, -0.25) is 9.78 Å². The fourth-order valence-electron chi connectivity index (χ4n) is 2.56. The van der Waals surface area contributed by atoms with Crippen LogP contribution in [0.15, 0.2) is 42.5 Å². The molecule has 0 radical (unpaired) electrons. The van der Waals surface area contributed by atoms with E-state index in [9.17, 15) is 9.18 Å². The van der Waals surface area contributed by atoms with Crippen LogP contribution in [0, 0.1) is 19.7 Å². The van der Waals surface area contributed by atoms with Gasteiger partial charge in [0.1, 0.15) is 11.6 Å². The number of nitrogens with zero attached hydrogens (tertiary/aromatic N) is 1. The number of hydrogen-bond donors (Lipinski definition) is 1. The van der Waals surface area contributed by atoms with Crippen LogP contribution in [0.5, 0.6) is 5.75 Å². The van der Waals surface area contributed by atoms with Gasteiger partial charge in [0, 0.05) is 17.1 Å². The highest BCUT2D eigenvalue weighted by atomic mass is 19.1. The summed E-state index contributed by atoms with van der Waals surface area (Å²) in [4.78, 5) is 17.1. The molecule has 0 unspecified atom stereocenters. The van der Waals surface area contributed by atoms with Crippen molar-refractivity contribution < 1.29 is 13.9 Å². The Kier molecular flexibility index (Phi) is 4.16. The van der Waals surface area contributed by atoms with Gasteiger partial charge in [-0.25, -0.2) is 4.39 Å². The summed E-state index contributed by atoms with van der Waals surface area (Å²) in [5.74, 6) is 0.115. The molecular weight excluding hydrogens is 307 g/mol. The summed E-state index contributed by atoms with van der Waals surface area (Å²) >= 11 is 0. The molecule has 5 heteroatoms. The van der Waals surface area contributed by atoms with Crippen molar-refractivity contribution in [2.75, 3.05) is 12.4 Å². The topological polar surface area (TPSA) is 51.2 Å². The van der Waals surface area contributed by atoms with E-state index in [2.05, 4.69) is 10.3 Å². The number of nitrogens with one attached hydrogen (secondary N) is 1. The summed E-state index contributed by atoms with van der Waals surface area (Å²) in [7, 11) is 1.60. The maximum atomic E-state index is 13.2. The molecular formula is C19H17FN2O2. The molecule has 1 N–H and O–H groups in total. The maximum Gasteiger partial charge on any atom is 0.257 e. The van der Waals surface area contributed by atoms with E-state index in [0.717, 1.165) is 10.9 Å². The maximum absolute atomic E-state index is 13.2. The van der Waals surface area contributed by atoms with E-state index in [1.54, 1.807) is 33.1 Å². The minimum atomic E-state index is -0.331. The van der Waals surface area contributed by atoms with E-state index in [4.69, 9.17) is 4.74 Å². The van der Waals surface area contributed by atoms with Gasteiger partial charge in [-0.15, -0.1) is 0 Å². The highest BCUT2D eigenvalue weighted by Crippen LogP contribution is 2.23. The van der Waals surface area contributed by atoms with Crippen LogP contribution in [-0.2, 0) is 0 Å². The summed E-state index contributed by atoms with van der Waals surface area (Å²) in [6.07, 6.45) is 0. The third-order valence-electron chi connectivity index (χ3n) is 3.90. The Morgan fingerprint density at radius 1 is 1.12 bits per heavy atom. The number of aryl methyl sites for hydroxylation is 2. The number of methoxy groups -OCH3 is 1. The molecule has 0 atom stereocenters. The Morgan fingerprint density at radius 2 is 1.92 bits per heavy atom. The van der Waals surface area contributed by atoms with E-state index < -0.39 is 0 Å². The summed E-state index contributed by atoms with van der Waals surface area (Å²) in [5, 5.41) is 3.66. The summed E-state index contributed by atoms with van der Waals surface area (Å²) in [5.41, 5.74) is 3.11. The van der Waals surface area contributed by atoms with Crippen LogP contribution in [0.3, 0.4) is 0 Å². The lowest BCUT2D eigenvalue weighted by molar-refractivity contribution is 0.102. The molecule has 1 amide bonds. The third-order valence-corrected chi connectivity index (χ3v) is 3.90. The first-order valence-corrected chi connectivity index (χ1v) is 7.51. The number of aromatic nitrogens is 1. The van der Waals surface area contributed by atoms with Crippen LogP contribution >= 0.6 is 0 Å². The lowest BCUT2D eigenvalue weighted by atomic mass is 10.1. The van der Waals surface area contributed by atoms with Crippen LogP contribution in [0.1, 0.15) is 21.6 Å². The van der Waals surface area contributed by atoms with Gasteiger partial charge in [0.15, 0.2) is 0 Å². The molecule has 0 spiro atoms. The van der Waals surface area contributed by atoms with Gasteiger partial charge >= 0.3 is 0 Å². The number of ether oxygens (including phenoxy) is 1. The lowest BCUT2D eigenvalue weighted by Crippen LogP contribution is -2.15. The Balaban J connectivity index is 1.96. The number of hydrogen-bond acceptors (Lipinski definition) is 3. The molecule has 0 aliphatic rings. The number of amides is 1. The highest BCUT2D eigenvalue weighted by molar-refractivity contribution is 6.07.